The van der Waals surface area contributed by atoms with Crippen LogP contribution in [0.3, 0.4) is 0 Å². The number of thioether (sulfide) groups is 1. The van der Waals surface area contributed by atoms with E-state index in [4.69, 9.17) is 11.6 Å². The predicted molar refractivity (Wildman–Crippen MR) is 118 cm³/mol. The second kappa shape index (κ2) is 8.34. The number of amides is 2. The SMILES string of the molecule is Cc1ccc(SC2=C(Nc3ccc(F)c(Cl)c3)C(=O)N(c3ccccc3)C2=O)cc1. The maximum Gasteiger partial charge on any atom is 0.283 e. The first kappa shape index (κ1) is 20.2. The Kier molecular flexibility index (Phi) is 5.61. The van der Waals surface area contributed by atoms with Crippen molar-refractivity contribution in [2.75, 3.05) is 10.2 Å². The summed E-state index contributed by atoms with van der Waals surface area (Å²) in [6.45, 7) is 1.97. The second-order valence-corrected chi connectivity index (χ2v) is 8.15. The van der Waals surface area contributed by atoms with Crippen LogP contribution in [0.4, 0.5) is 15.8 Å². The number of hydrogen-bond donors (Lipinski definition) is 1. The van der Waals surface area contributed by atoms with Crippen molar-refractivity contribution in [3.63, 3.8) is 0 Å². The summed E-state index contributed by atoms with van der Waals surface area (Å²) >= 11 is 7.07. The number of halogens is 2. The molecule has 0 radical (unpaired) electrons. The summed E-state index contributed by atoms with van der Waals surface area (Å²) in [4.78, 5) is 28.6. The zero-order chi connectivity index (χ0) is 21.3. The summed E-state index contributed by atoms with van der Waals surface area (Å²) in [6.07, 6.45) is 0. The largest absolute Gasteiger partial charge is 0.350 e. The van der Waals surface area contributed by atoms with E-state index in [2.05, 4.69) is 5.32 Å². The molecule has 0 aromatic heterocycles. The molecule has 2 amide bonds. The Morgan fingerprint density at radius 3 is 2.30 bits per heavy atom. The van der Waals surface area contributed by atoms with E-state index >= 15 is 0 Å². The van der Waals surface area contributed by atoms with Gasteiger partial charge in [-0.15, -0.1) is 0 Å². The van der Waals surface area contributed by atoms with Crippen LogP contribution < -0.4 is 10.2 Å². The normalized spacial score (nSPS) is 13.9. The van der Waals surface area contributed by atoms with Gasteiger partial charge in [-0.1, -0.05) is 59.3 Å². The average Bonchev–Trinajstić information content (AvgIpc) is 2.97. The Bertz CT molecular complexity index is 1160. The van der Waals surface area contributed by atoms with E-state index in [1.807, 2.05) is 37.3 Å². The number of aryl methyl sites for hydroxylation is 1. The molecule has 7 heteroatoms. The second-order valence-electron chi connectivity index (χ2n) is 6.65. The number of nitrogens with zero attached hydrogens (tertiary/aromatic N) is 1. The third-order valence-corrected chi connectivity index (χ3v) is 5.87. The van der Waals surface area contributed by atoms with Crippen LogP contribution in [0.1, 0.15) is 5.56 Å². The van der Waals surface area contributed by atoms with Gasteiger partial charge < -0.3 is 5.32 Å². The molecule has 0 spiro atoms. The van der Waals surface area contributed by atoms with Crippen molar-refractivity contribution in [1.29, 1.82) is 0 Å². The number of benzene rings is 3. The monoisotopic (exact) mass is 438 g/mol. The van der Waals surface area contributed by atoms with Crippen molar-refractivity contribution >= 4 is 46.6 Å². The number of hydrogen-bond acceptors (Lipinski definition) is 4. The van der Waals surface area contributed by atoms with Crippen molar-refractivity contribution in [3.05, 3.63) is 99.8 Å². The minimum absolute atomic E-state index is 0.0787. The van der Waals surface area contributed by atoms with Crippen LogP contribution in [-0.4, -0.2) is 11.8 Å². The predicted octanol–water partition coefficient (Wildman–Crippen LogP) is 5.78. The molecule has 1 heterocycles. The topological polar surface area (TPSA) is 49.4 Å². The van der Waals surface area contributed by atoms with E-state index in [9.17, 15) is 14.0 Å². The van der Waals surface area contributed by atoms with Crippen molar-refractivity contribution in [3.8, 4) is 0 Å². The van der Waals surface area contributed by atoms with E-state index in [0.29, 0.717) is 11.4 Å². The Labute approximate surface area is 182 Å². The lowest BCUT2D eigenvalue weighted by atomic mass is 10.2. The first-order chi connectivity index (χ1) is 14.4. The van der Waals surface area contributed by atoms with Crippen molar-refractivity contribution in [2.45, 2.75) is 11.8 Å². The fourth-order valence-corrected chi connectivity index (χ4v) is 4.08. The summed E-state index contributed by atoms with van der Waals surface area (Å²) in [6, 6.07) is 20.4. The van der Waals surface area contributed by atoms with Gasteiger partial charge >= 0.3 is 0 Å². The van der Waals surface area contributed by atoms with Gasteiger partial charge in [0.05, 0.1) is 10.7 Å². The van der Waals surface area contributed by atoms with Crippen molar-refractivity contribution < 1.29 is 14.0 Å². The molecule has 1 N–H and O–H groups in total. The molecule has 0 fully saturated rings. The third kappa shape index (κ3) is 3.97. The van der Waals surface area contributed by atoms with Crippen LogP contribution >= 0.6 is 23.4 Å². The maximum absolute atomic E-state index is 13.5. The van der Waals surface area contributed by atoms with Crippen LogP contribution in [0.25, 0.3) is 0 Å². The number of rotatable bonds is 5. The van der Waals surface area contributed by atoms with Gasteiger partial charge in [0.15, 0.2) is 0 Å². The van der Waals surface area contributed by atoms with Gasteiger partial charge in [-0.3, -0.25) is 9.59 Å². The highest BCUT2D eigenvalue weighted by Crippen LogP contribution is 2.38. The van der Waals surface area contributed by atoms with Gasteiger partial charge in [0.25, 0.3) is 11.8 Å². The van der Waals surface area contributed by atoms with Crippen LogP contribution in [0.5, 0.6) is 0 Å². The lowest BCUT2D eigenvalue weighted by Crippen LogP contribution is -2.32. The molecule has 3 aromatic carbocycles. The number of para-hydroxylation sites is 1. The van der Waals surface area contributed by atoms with Gasteiger partial charge in [-0.25, -0.2) is 9.29 Å². The van der Waals surface area contributed by atoms with Gasteiger partial charge in [0.2, 0.25) is 0 Å². The molecule has 3 aromatic rings. The molecule has 0 aliphatic carbocycles. The van der Waals surface area contributed by atoms with Crippen LogP contribution in [-0.2, 0) is 9.59 Å². The van der Waals surface area contributed by atoms with E-state index in [1.54, 1.807) is 24.3 Å². The molecule has 0 unspecified atom stereocenters. The van der Waals surface area contributed by atoms with Crippen LogP contribution in [0, 0.1) is 12.7 Å². The fraction of sp³-hybridized carbons (Fsp3) is 0.0435. The van der Waals surface area contributed by atoms with Gasteiger partial charge in [-0.2, -0.15) is 0 Å². The smallest absolute Gasteiger partial charge is 0.283 e. The van der Waals surface area contributed by atoms with Crippen molar-refractivity contribution in [1.82, 2.24) is 0 Å². The molecular weight excluding hydrogens is 423 g/mol. The Hall–Kier alpha value is -3.09. The number of imide groups is 1. The minimum Gasteiger partial charge on any atom is -0.350 e. The Balaban J connectivity index is 1.74. The Morgan fingerprint density at radius 2 is 1.63 bits per heavy atom. The molecule has 1 aliphatic rings. The first-order valence-corrected chi connectivity index (χ1v) is 10.3. The molecule has 4 nitrogen and oxygen atoms in total. The fourth-order valence-electron chi connectivity index (χ4n) is 2.97. The highest BCUT2D eigenvalue weighted by atomic mass is 35.5. The number of nitrogens with one attached hydrogen (secondary N) is 1. The zero-order valence-electron chi connectivity index (χ0n) is 15.9. The number of carbonyl (C=O) groups excluding carboxylic acids is 2. The first-order valence-electron chi connectivity index (χ1n) is 9.09. The molecule has 30 heavy (non-hydrogen) atoms. The van der Waals surface area contributed by atoms with E-state index in [0.717, 1.165) is 15.4 Å². The molecule has 4 rings (SSSR count). The third-order valence-electron chi connectivity index (χ3n) is 4.49. The summed E-state index contributed by atoms with van der Waals surface area (Å²) in [5.41, 5.74) is 2.10. The lowest BCUT2D eigenvalue weighted by molar-refractivity contribution is -0.120. The molecule has 0 saturated heterocycles. The van der Waals surface area contributed by atoms with E-state index in [-0.39, 0.29) is 15.6 Å². The highest BCUT2D eigenvalue weighted by Gasteiger charge is 2.40. The summed E-state index contributed by atoms with van der Waals surface area (Å²) < 4.78 is 13.5. The minimum atomic E-state index is -0.565. The summed E-state index contributed by atoms with van der Waals surface area (Å²) in [5.74, 6) is -1.47. The molecule has 0 atom stereocenters. The molecule has 0 bridgehead atoms. The number of carbonyl (C=O) groups is 2. The van der Waals surface area contributed by atoms with Gasteiger partial charge in [0.1, 0.15) is 16.4 Å². The molecular formula is C23H16ClFN2O2S. The molecule has 1 aliphatic heterocycles. The average molecular weight is 439 g/mol. The van der Waals surface area contributed by atoms with Crippen LogP contribution in [0.2, 0.25) is 5.02 Å². The quantitative estimate of drug-likeness (QED) is 0.513. The van der Waals surface area contributed by atoms with E-state index in [1.165, 1.54) is 30.0 Å². The van der Waals surface area contributed by atoms with Gasteiger partial charge in [0, 0.05) is 10.6 Å². The van der Waals surface area contributed by atoms with Crippen LogP contribution in [0.15, 0.2) is 88.3 Å². The molecule has 150 valence electrons. The van der Waals surface area contributed by atoms with Crippen molar-refractivity contribution in [2.24, 2.45) is 0 Å². The zero-order valence-corrected chi connectivity index (χ0v) is 17.4. The van der Waals surface area contributed by atoms with Gasteiger partial charge in [-0.05, 0) is 49.4 Å². The summed E-state index contributed by atoms with van der Waals surface area (Å²) in [7, 11) is 0. The Morgan fingerprint density at radius 1 is 0.933 bits per heavy atom. The summed E-state index contributed by atoms with van der Waals surface area (Å²) in [5, 5.41) is 2.89. The maximum atomic E-state index is 13.5. The molecule has 0 saturated carbocycles. The van der Waals surface area contributed by atoms with E-state index < -0.39 is 17.6 Å². The highest BCUT2D eigenvalue weighted by molar-refractivity contribution is 8.04. The lowest BCUT2D eigenvalue weighted by Gasteiger charge is -2.15. The number of anilines is 2. The standard InChI is InChI=1S/C23H16ClFN2O2S/c1-14-7-10-17(11-8-14)30-21-20(26-15-9-12-19(25)18(24)13-15)22(28)27(23(21)29)16-5-3-2-4-6-16/h2-13,26H,1H3.